The number of nitrogens with zero attached hydrogens (tertiary/aromatic N) is 4. The van der Waals surface area contributed by atoms with Crippen molar-refractivity contribution in [2.45, 2.75) is 11.9 Å². The Morgan fingerprint density at radius 3 is 2.73 bits per heavy atom. The number of carbonyl (C=O) groups is 1. The molecular formula is C21H18FN5O2S. The largest absolute Gasteiger partial charge is 0.494 e. The molecular weight excluding hydrogens is 405 g/mol. The molecule has 0 unspecified atom stereocenters. The Balaban J connectivity index is 1.47. The van der Waals surface area contributed by atoms with Gasteiger partial charge in [-0.25, -0.2) is 4.39 Å². The second kappa shape index (κ2) is 8.91. The number of benzene rings is 2. The lowest BCUT2D eigenvalue weighted by Crippen LogP contribution is -2.14. The number of thioether (sulfide) groups is 1. The van der Waals surface area contributed by atoms with Crippen LogP contribution in [-0.4, -0.2) is 38.1 Å². The smallest absolute Gasteiger partial charge is 0.234 e. The van der Waals surface area contributed by atoms with Gasteiger partial charge >= 0.3 is 0 Å². The second-order valence-corrected chi connectivity index (χ2v) is 7.27. The number of hydrogen-bond acceptors (Lipinski definition) is 6. The first kappa shape index (κ1) is 19.8. The van der Waals surface area contributed by atoms with E-state index in [2.05, 4.69) is 20.6 Å². The number of halogens is 1. The van der Waals surface area contributed by atoms with Gasteiger partial charge in [0.05, 0.1) is 12.4 Å². The van der Waals surface area contributed by atoms with Crippen LogP contribution in [0.3, 0.4) is 0 Å². The van der Waals surface area contributed by atoms with Crippen molar-refractivity contribution in [3.63, 3.8) is 0 Å². The summed E-state index contributed by atoms with van der Waals surface area (Å²) in [5.41, 5.74) is 1.87. The fourth-order valence-electron chi connectivity index (χ4n) is 2.80. The van der Waals surface area contributed by atoms with Crippen LogP contribution in [0, 0.1) is 5.82 Å². The molecule has 30 heavy (non-hydrogen) atoms. The zero-order chi connectivity index (χ0) is 20.9. The molecule has 7 nitrogen and oxygen atoms in total. The Kier molecular flexibility index (Phi) is 5.89. The van der Waals surface area contributed by atoms with E-state index in [4.69, 9.17) is 4.74 Å². The first-order chi connectivity index (χ1) is 14.6. The van der Waals surface area contributed by atoms with Gasteiger partial charge < -0.3 is 10.1 Å². The summed E-state index contributed by atoms with van der Waals surface area (Å²) in [5, 5.41) is 16.2. The van der Waals surface area contributed by atoms with Gasteiger partial charge in [-0.2, -0.15) is 9.61 Å². The number of carbonyl (C=O) groups excluding carboxylic acids is 1. The standard InChI is InChI=1S/C21H18FN5O2S/c1-2-29-17-8-6-14(7-9-17)21-25-24-18-10-11-20(26-27(18)21)30-13-19(28)23-16-5-3-4-15(22)12-16/h3-12H,2,13H2,1H3,(H,23,28). The zero-order valence-corrected chi connectivity index (χ0v) is 16.9. The third-order valence-corrected chi connectivity index (χ3v) is 5.04. The van der Waals surface area contributed by atoms with Crippen LogP contribution >= 0.6 is 11.8 Å². The molecule has 0 aliphatic carbocycles. The maximum absolute atomic E-state index is 13.2. The number of nitrogens with one attached hydrogen (secondary N) is 1. The van der Waals surface area contributed by atoms with Gasteiger partial charge in [-0.3, -0.25) is 4.79 Å². The van der Waals surface area contributed by atoms with E-state index in [0.29, 0.717) is 28.8 Å². The number of anilines is 1. The Hall–Kier alpha value is -3.46. The summed E-state index contributed by atoms with van der Waals surface area (Å²) in [4.78, 5) is 12.2. The maximum Gasteiger partial charge on any atom is 0.234 e. The fourth-order valence-corrected chi connectivity index (χ4v) is 3.45. The van der Waals surface area contributed by atoms with Gasteiger partial charge in [-0.1, -0.05) is 17.8 Å². The fraction of sp³-hybridized carbons (Fsp3) is 0.143. The Bertz CT molecular complexity index is 1180. The molecule has 0 bridgehead atoms. The predicted octanol–water partition coefficient (Wildman–Crippen LogP) is 4.06. The zero-order valence-electron chi connectivity index (χ0n) is 16.1. The van der Waals surface area contributed by atoms with Gasteiger partial charge in [0.25, 0.3) is 0 Å². The summed E-state index contributed by atoms with van der Waals surface area (Å²) in [6.07, 6.45) is 0. The second-order valence-electron chi connectivity index (χ2n) is 6.27. The van der Waals surface area contributed by atoms with E-state index < -0.39 is 5.82 Å². The number of amides is 1. The molecule has 1 amide bonds. The molecule has 152 valence electrons. The third kappa shape index (κ3) is 4.57. The maximum atomic E-state index is 13.2. The molecule has 0 aliphatic heterocycles. The van der Waals surface area contributed by atoms with Crippen molar-refractivity contribution >= 4 is 29.0 Å². The van der Waals surface area contributed by atoms with Crippen molar-refractivity contribution in [1.82, 2.24) is 19.8 Å². The average molecular weight is 423 g/mol. The molecule has 2 heterocycles. The van der Waals surface area contributed by atoms with Crippen molar-refractivity contribution < 1.29 is 13.9 Å². The summed E-state index contributed by atoms with van der Waals surface area (Å²) >= 11 is 1.27. The molecule has 2 aromatic heterocycles. The molecule has 2 aromatic carbocycles. The van der Waals surface area contributed by atoms with Crippen LogP contribution in [0.15, 0.2) is 65.7 Å². The lowest BCUT2D eigenvalue weighted by Gasteiger charge is -2.06. The minimum Gasteiger partial charge on any atom is -0.494 e. The van der Waals surface area contributed by atoms with Crippen molar-refractivity contribution in [2.75, 3.05) is 17.7 Å². The number of rotatable bonds is 7. The quantitative estimate of drug-likeness (QED) is 0.452. The van der Waals surface area contributed by atoms with Gasteiger partial charge in [0, 0.05) is 11.3 Å². The van der Waals surface area contributed by atoms with Crippen molar-refractivity contribution in [2.24, 2.45) is 0 Å². The van der Waals surface area contributed by atoms with Gasteiger partial charge in [0.1, 0.15) is 16.6 Å². The van der Waals surface area contributed by atoms with E-state index >= 15 is 0 Å². The summed E-state index contributed by atoms with van der Waals surface area (Å²) in [5.74, 6) is 0.864. The van der Waals surface area contributed by atoms with Crippen LogP contribution in [0.25, 0.3) is 17.0 Å². The highest BCUT2D eigenvalue weighted by molar-refractivity contribution is 7.99. The molecule has 0 spiro atoms. The topological polar surface area (TPSA) is 81.4 Å². The predicted molar refractivity (Wildman–Crippen MR) is 113 cm³/mol. The number of aromatic nitrogens is 4. The summed E-state index contributed by atoms with van der Waals surface area (Å²) < 4.78 is 20.3. The third-order valence-electron chi connectivity index (χ3n) is 4.12. The van der Waals surface area contributed by atoms with Crippen LogP contribution in [0.5, 0.6) is 5.75 Å². The van der Waals surface area contributed by atoms with E-state index in [9.17, 15) is 9.18 Å². The van der Waals surface area contributed by atoms with Crippen LogP contribution < -0.4 is 10.1 Å². The van der Waals surface area contributed by atoms with Gasteiger partial charge in [0.2, 0.25) is 5.91 Å². The monoisotopic (exact) mass is 423 g/mol. The van der Waals surface area contributed by atoms with Crippen LogP contribution in [0.2, 0.25) is 0 Å². The van der Waals surface area contributed by atoms with Gasteiger partial charge in [0.15, 0.2) is 11.5 Å². The van der Waals surface area contributed by atoms with Crippen LogP contribution in [-0.2, 0) is 4.79 Å². The van der Waals surface area contributed by atoms with Crippen LogP contribution in [0.4, 0.5) is 10.1 Å². The molecule has 0 atom stereocenters. The molecule has 1 N–H and O–H groups in total. The molecule has 0 saturated carbocycles. The Labute approximate surface area is 176 Å². The molecule has 4 aromatic rings. The molecule has 4 rings (SSSR count). The highest BCUT2D eigenvalue weighted by Gasteiger charge is 2.12. The summed E-state index contributed by atoms with van der Waals surface area (Å²) in [6.45, 7) is 2.53. The first-order valence-electron chi connectivity index (χ1n) is 9.26. The molecule has 0 aliphatic rings. The highest BCUT2D eigenvalue weighted by Crippen LogP contribution is 2.23. The van der Waals surface area contributed by atoms with Crippen molar-refractivity contribution in [3.05, 3.63) is 66.5 Å². The Morgan fingerprint density at radius 2 is 1.97 bits per heavy atom. The van der Waals surface area contributed by atoms with E-state index in [0.717, 1.165) is 11.3 Å². The van der Waals surface area contributed by atoms with Crippen LogP contribution in [0.1, 0.15) is 6.92 Å². The first-order valence-corrected chi connectivity index (χ1v) is 10.2. The molecule has 0 saturated heterocycles. The summed E-state index contributed by atoms with van der Waals surface area (Å²) in [6, 6.07) is 16.9. The van der Waals surface area contributed by atoms with Crippen molar-refractivity contribution in [3.8, 4) is 17.1 Å². The van der Waals surface area contributed by atoms with E-state index in [1.807, 2.05) is 31.2 Å². The molecule has 9 heteroatoms. The lowest BCUT2D eigenvalue weighted by atomic mass is 10.2. The minimum atomic E-state index is -0.401. The van der Waals surface area contributed by atoms with Gasteiger partial charge in [-0.05, 0) is 61.5 Å². The summed E-state index contributed by atoms with van der Waals surface area (Å²) in [7, 11) is 0. The number of fused-ring (bicyclic) bond motifs is 1. The average Bonchev–Trinajstić information content (AvgIpc) is 3.16. The molecule has 0 fully saturated rings. The number of hydrogen-bond donors (Lipinski definition) is 1. The van der Waals surface area contributed by atoms with Crippen molar-refractivity contribution in [1.29, 1.82) is 0 Å². The SMILES string of the molecule is CCOc1ccc(-c2nnc3ccc(SCC(=O)Nc4cccc(F)c4)nn23)cc1. The Morgan fingerprint density at radius 1 is 1.13 bits per heavy atom. The van der Waals surface area contributed by atoms with E-state index in [1.165, 1.54) is 23.9 Å². The normalized spacial score (nSPS) is 10.9. The van der Waals surface area contributed by atoms with E-state index in [-0.39, 0.29) is 11.7 Å². The number of ether oxygens (including phenoxy) is 1. The van der Waals surface area contributed by atoms with Gasteiger partial charge in [-0.15, -0.1) is 10.2 Å². The molecule has 0 radical (unpaired) electrons. The van der Waals surface area contributed by atoms with E-state index in [1.54, 1.807) is 28.8 Å². The highest BCUT2D eigenvalue weighted by atomic mass is 32.2. The minimum absolute atomic E-state index is 0.134. The lowest BCUT2D eigenvalue weighted by molar-refractivity contribution is -0.113.